The summed E-state index contributed by atoms with van der Waals surface area (Å²) in [6.45, 7) is 0. The van der Waals surface area contributed by atoms with Crippen molar-refractivity contribution in [2.75, 3.05) is 19.0 Å². The lowest BCUT2D eigenvalue weighted by molar-refractivity contribution is 0.0993. The van der Waals surface area contributed by atoms with Crippen LogP contribution in [0.1, 0.15) is 21.5 Å². The zero-order valence-electron chi connectivity index (χ0n) is 11.6. The molecule has 3 nitrogen and oxygen atoms in total. The zero-order valence-corrected chi connectivity index (χ0v) is 11.6. The lowest BCUT2D eigenvalue weighted by atomic mass is 9.99. The van der Waals surface area contributed by atoms with Crippen LogP contribution in [0.4, 0.5) is 5.69 Å². The van der Waals surface area contributed by atoms with Gasteiger partial charge in [0.05, 0.1) is 0 Å². The molecule has 0 aliphatic carbocycles. The number of benzene rings is 2. The first-order valence-corrected chi connectivity index (χ1v) is 6.38. The molecular formula is C17H16NO2. The van der Waals surface area contributed by atoms with E-state index in [0.29, 0.717) is 16.7 Å². The average Bonchev–Trinajstić information content (AvgIpc) is 2.48. The topological polar surface area (TPSA) is 37.4 Å². The van der Waals surface area contributed by atoms with Crippen molar-refractivity contribution in [2.24, 2.45) is 0 Å². The summed E-state index contributed by atoms with van der Waals surface area (Å²) in [6, 6.07) is 14.5. The van der Waals surface area contributed by atoms with E-state index in [4.69, 9.17) is 0 Å². The van der Waals surface area contributed by atoms with E-state index in [1.807, 2.05) is 49.5 Å². The van der Waals surface area contributed by atoms with Gasteiger partial charge in [0.25, 0.3) is 0 Å². The number of Topliss-reactive ketones (excluding diaryl/α,β-unsaturated/α-hetero) is 1. The summed E-state index contributed by atoms with van der Waals surface area (Å²) >= 11 is 0. The van der Waals surface area contributed by atoms with Crippen molar-refractivity contribution in [3.63, 3.8) is 0 Å². The highest BCUT2D eigenvalue weighted by molar-refractivity contribution is 5.99. The van der Waals surface area contributed by atoms with Gasteiger partial charge in [0.2, 0.25) is 6.29 Å². The number of hydrogen-bond donors (Lipinski definition) is 0. The molecule has 0 spiro atoms. The predicted octanol–water partition coefficient (Wildman–Crippen LogP) is 2.64. The Balaban J connectivity index is 2.24. The SMILES string of the molecule is CN(C)c1cccc(C(=O)Cc2ccccc2[C]=O)c1. The van der Waals surface area contributed by atoms with Gasteiger partial charge in [0.1, 0.15) is 0 Å². The van der Waals surface area contributed by atoms with Gasteiger partial charge in [-0.1, -0.05) is 36.4 Å². The second kappa shape index (κ2) is 6.15. The fourth-order valence-electron chi connectivity index (χ4n) is 2.01. The second-order valence-corrected chi connectivity index (χ2v) is 4.80. The molecule has 101 valence electrons. The van der Waals surface area contributed by atoms with Gasteiger partial charge in [-0.3, -0.25) is 9.59 Å². The molecule has 0 saturated heterocycles. The van der Waals surface area contributed by atoms with Crippen LogP contribution in [0.3, 0.4) is 0 Å². The Morgan fingerprint density at radius 3 is 2.55 bits per heavy atom. The molecule has 3 heteroatoms. The molecule has 0 N–H and O–H groups in total. The predicted molar refractivity (Wildman–Crippen MR) is 80.0 cm³/mol. The van der Waals surface area contributed by atoms with E-state index in [-0.39, 0.29) is 12.2 Å². The van der Waals surface area contributed by atoms with Crippen molar-refractivity contribution >= 4 is 17.8 Å². The van der Waals surface area contributed by atoms with Crippen LogP contribution in [0.15, 0.2) is 48.5 Å². The normalized spacial score (nSPS) is 10.1. The summed E-state index contributed by atoms with van der Waals surface area (Å²) in [7, 11) is 3.86. The molecule has 0 unspecified atom stereocenters. The molecular weight excluding hydrogens is 250 g/mol. The molecule has 0 bridgehead atoms. The number of hydrogen-bond acceptors (Lipinski definition) is 3. The van der Waals surface area contributed by atoms with Gasteiger partial charge in [0.15, 0.2) is 5.78 Å². The molecule has 0 atom stereocenters. The van der Waals surface area contributed by atoms with Crippen molar-refractivity contribution in [3.8, 4) is 0 Å². The maximum atomic E-state index is 12.3. The molecule has 2 rings (SSSR count). The molecule has 0 aromatic heterocycles. The third-order valence-electron chi connectivity index (χ3n) is 3.16. The molecule has 0 fully saturated rings. The number of carbonyl (C=O) groups excluding carboxylic acids is 2. The first kappa shape index (κ1) is 14.0. The number of rotatable bonds is 5. The smallest absolute Gasteiger partial charge is 0.233 e. The number of carbonyl (C=O) groups is 1. The Hall–Kier alpha value is -2.42. The first-order chi connectivity index (χ1) is 9.61. The van der Waals surface area contributed by atoms with Crippen LogP contribution >= 0.6 is 0 Å². The van der Waals surface area contributed by atoms with Crippen LogP contribution in [-0.4, -0.2) is 26.2 Å². The van der Waals surface area contributed by atoms with E-state index in [9.17, 15) is 9.59 Å². The minimum Gasteiger partial charge on any atom is -0.378 e. The zero-order chi connectivity index (χ0) is 14.5. The van der Waals surface area contributed by atoms with Gasteiger partial charge in [0, 0.05) is 37.3 Å². The molecule has 20 heavy (non-hydrogen) atoms. The van der Waals surface area contributed by atoms with E-state index < -0.39 is 0 Å². The lowest BCUT2D eigenvalue weighted by Gasteiger charge is -2.13. The quantitative estimate of drug-likeness (QED) is 0.781. The van der Waals surface area contributed by atoms with Crippen molar-refractivity contribution in [1.82, 2.24) is 0 Å². The fourth-order valence-corrected chi connectivity index (χ4v) is 2.01. The standard InChI is InChI=1S/C17H16NO2/c1-18(2)16-9-5-8-14(10-16)17(20)11-13-6-3-4-7-15(13)12-19/h3-10H,11H2,1-2H3. The Morgan fingerprint density at radius 1 is 1.10 bits per heavy atom. The third kappa shape index (κ3) is 3.12. The van der Waals surface area contributed by atoms with Crippen LogP contribution < -0.4 is 4.90 Å². The molecule has 0 aliphatic rings. The molecule has 0 amide bonds. The molecule has 2 aromatic carbocycles. The molecule has 0 heterocycles. The number of anilines is 1. The van der Waals surface area contributed by atoms with Crippen molar-refractivity contribution in [2.45, 2.75) is 6.42 Å². The minimum atomic E-state index is -0.00333. The largest absolute Gasteiger partial charge is 0.378 e. The number of nitrogens with zero attached hydrogens (tertiary/aromatic N) is 1. The van der Waals surface area contributed by atoms with Crippen LogP contribution in [0.5, 0.6) is 0 Å². The van der Waals surface area contributed by atoms with Gasteiger partial charge < -0.3 is 4.90 Å². The van der Waals surface area contributed by atoms with Crippen molar-refractivity contribution in [3.05, 3.63) is 65.2 Å². The van der Waals surface area contributed by atoms with Gasteiger partial charge in [-0.15, -0.1) is 0 Å². The average molecular weight is 266 g/mol. The van der Waals surface area contributed by atoms with Gasteiger partial charge in [-0.2, -0.15) is 0 Å². The molecule has 0 aliphatic heterocycles. The minimum absolute atomic E-state index is 0.00333. The summed E-state index contributed by atoms with van der Waals surface area (Å²) in [6.07, 6.45) is 2.08. The highest BCUT2D eigenvalue weighted by Gasteiger charge is 2.11. The van der Waals surface area contributed by atoms with Gasteiger partial charge >= 0.3 is 0 Å². The summed E-state index contributed by atoms with van der Waals surface area (Å²) < 4.78 is 0. The van der Waals surface area contributed by atoms with Crippen molar-refractivity contribution in [1.29, 1.82) is 0 Å². The monoisotopic (exact) mass is 266 g/mol. The molecule has 0 saturated carbocycles. The van der Waals surface area contributed by atoms with E-state index in [2.05, 4.69) is 0 Å². The third-order valence-corrected chi connectivity index (χ3v) is 3.16. The lowest BCUT2D eigenvalue weighted by Crippen LogP contribution is -2.11. The second-order valence-electron chi connectivity index (χ2n) is 4.80. The summed E-state index contributed by atoms with van der Waals surface area (Å²) in [5.74, 6) is -0.00333. The van der Waals surface area contributed by atoms with Crippen molar-refractivity contribution < 1.29 is 9.59 Å². The van der Waals surface area contributed by atoms with Crippen LogP contribution in [-0.2, 0) is 11.2 Å². The van der Waals surface area contributed by atoms with E-state index in [1.54, 1.807) is 24.3 Å². The Labute approximate surface area is 118 Å². The summed E-state index contributed by atoms with van der Waals surface area (Å²) in [5, 5.41) is 0. The van der Waals surface area contributed by atoms with E-state index in [0.717, 1.165) is 5.69 Å². The van der Waals surface area contributed by atoms with Gasteiger partial charge in [-0.05, 0) is 17.7 Å². The Morgan fingerprint density at radius 2 is 1.85 bits per heavy atom. The van der Waals surface area contributed by atoms with Crippen LogP contribution in [0.2, 0.25) is 0 Å². The van der Waals surface area contributed by atoms with Crippen LogP contribution in [0.25, 0.3) is 0 Å². The number of ketones is 1. The highest BCUT2D eigenvalue weighted by Crippen LogP contribution is 2.16. The maximum absolute atomic E-state index is 12.3. The Kier molecular flexibility index (Phi) is 4.31. The maximum Gasteiger partial charge on any atom is 0.233 e. The van der Waals surface area contributed by atoms with Gasteiger partial charge in [-0.25, -0.2) is 0 Å². The first-order valence-electron chi connectivity index (χ1n) is 6.38. The highest BCUT2D eigenvalue weighted by atomic mass is 16.1. The summed E-state index contributed by atoms with van der Waals surface area (Å²) in [4.78, 5) is 25.1. The van der Waals surface area contributed by atoms with E-state index in [1.165, 1.54) is 0 Å². The van der Waals surface area contributed by atoms with E-state index >= 15 is 0 Å². The van der Waals surface area contributed by atoms with Crippen LogP contribution in [0, 0.1) is 0 Å². The molecule has 2 aromatic rings. The molecule has 1 radical (unpaired) electrons. The summed E-state index contributed by atoms with van der Waals surface area (Å²) in [5.41, 5.74) is 2.79. The Bertz CT molecular complexity index is 632. The fraction of sp³-hybridized carbons (Fsp3) is 0.176.